The summed E-state index contributed by atoms with van der Waals surface area (Å²) >= 11 is 6.01. The number of carbonyl (C=O) groups excluding carboxylic acids is 1. The molecule has 1 fully saturated rings. The van der Waals surface area contributed by atoms with E-state index >= 15 is 0 Å². The number of rotatable bonds is 3. The minimum atomic E-state index is -0.135. The molecule has 0 unspecified atom stereocenters. The zero-order valence-electron chi connectivity index (χ0n) is 14.5. The molecule has 1 N–H and O–H groups in total. The van der Waals surface area contributed by atoms with E-state index in [1.54, 1.807) is 25.3 Å². The molecule has 2 aromatic carbocycles. The Kier molecular flexibility index (Phi) is 5.34. The third-order valence-corrected chi connectivity index (χ3v) is 4.60. The maximum atomic E-state index is 12.5. The number of benzene rings is 2. The lowest BCUT2D eigenvalue weighted by molar-refractivity contribution is 0.208. The lowest BCUT2D eigenvalue weighted by Crippen LogP contribution is -2.50. The summed E-state index contributed by atoms with van der Waals surface area (Å²) in [6.45, 7) is 5.04. The van der Waals surface area contributed by atoms with Crippen molar-refractivity contribution in [2.24, 2.45) is 0 Å². The second-order valence-electron chi connectivity index (χ2n) is 6.08. The smallest absolute Gasteiger partial charge is 0.322 e. The highest BCUT2D eigenvalue weighted by molar-refractivity contribution is 6.31. The van der Waals surface area contributed by atoms with Crippen LogP contribution in [0.3, 0.4) is 0 Å². The molecule has 0 atom stereocenters. The van der Waals surface area contributed by atoms with Crippen LogP contribution >= 0.6 is 11.6 Å². The minimum absolute atomic E-state index is 0.135. The first-order valence-electron chi connectivity index (χ1n) is 8.28. The van der Waals surface area contributed by atoms with Crippen molar-refractivity contribution in [3.8, 4) is 5.75 Å². The summed E-state index contributed by atoms with van der Waals surface area (Å²) in [5.74, 6) is 0.594. The Labute approximate surface area is 153 Å². The third-order valence-electron chi connectivity index (χ3n) is 4.37. The van der Waals surface area contributed by atoms with E-state index in [0.29, 0.717) is 29.5 Å². The van der Waals surface area contributed by atoms with Crippen LogP contribution < -0.4 is 15.0 Å². The first-order valence-corrected chi connectivity index (χ1v) is 8.65. The van der Waals surface area contributed by atoms with E-state index in [9.17, 15) is 4.79 Å². The molecule has 1 aliphatic rings. The molecule has 3 rings (SSSR count). The van der Waals surface area contributed by atoms with Gasteiger partial charge in [0.25, 0.3) is 0 Å². The van der Waals surface area contributed by atoms with E-state index in [-0.39, 0.29) is 6.03 Å². The molecule has 6 heteroatoms. The number of nitrogens with zero attached hydrogens (tertiary/aromatic N) is 2. The van der Waals surface area contributed by atoms with E-state index < -0.39 is 0 Å². The molecule has 1 heterocycles. The Balaban J connectivity index is 1.60. The van der Waals surface area contributed by atoms with Crippen LogP contribution in [0.5, 0.6) is 5.75 Å². The standard InChI is InChI=1S/C19H22ClN3O2/c1-14-3-6-16(7-4-14)22-9-11-23(12-10-22)19(24)21-17-13-15(20)5-8-18(17)25-2/h3-8,13H,9-12H2,1-2H3,(H,21,24). The molecule has 2 aromatic rings. The van der Waals surface area contributed by atoms with Crippen LogP contribution in [-0.4, -0.2) is 44.2 Å². The zero-order valence-corrected chi connectivity index (χ0v) is 15.2. The monoisotopic (exact) mass is 359 g/mol. The van der Waals surface area contributed by atoms with Gasteiger partial charge in [-0.2, -0.15) is 0 Å². The van der Waals surface area contributed by atoms with Crippen molar-refractivity contribution in [1.82, 2.24) is 4.90 Å². The van der Waals surface area contributed by atoms with Gasteiger partial charge in [0.1, 0.15) is 5.75 Å². The van der Waals surface area contributed by atoms with Gasteiger partial charge in [-0.15, -0.1) is 0 Å². The molecule has 0 spiro atoms. The van der Waals surface area contributed by atoms with Crippen molar-refractivity contribution >= 4 is 29.0 Å². The van der Waals surface area contributed by atoms with Crippen LogP contribution in [0.4, 0.5) is 16.2 Å². The SMILES string of the molecule is COc1ccc(Cl)cc1NC(=O)N1CCN(c2ccc(C)cc2)CC1. The molecule has 1 aliphatic heterocycles. The topological polar surface area (TPSA) is 44.8 Å². The molecule has 0 aliphatic carbocycles. The number of halogens is 1. The maximum Gasteiger partial charge on any atom is 0.322 e. The Bertz CT molecular complexity index is 741. The molecule has 0 saturated carbocycles. The van der Waals surface area contributed by atoms with Crippen LogP contribution in [0, 0.1) is 6.92 Å². The van der Waals surface area contributed by atoms with Gasteiger partial charge in [0.2, 0.25) is 0 Å². The van der Waals surface area contributed by atoms with Crippen molar-refractivity contribution in [2.45, 2.75) is 6.92 Å². The average molecular weight is 360 g/mol. The molecule has 1 saturated heterocycles. The summed E-state index contributed by atoms with van der Waals surface area (Å²) in [7, 11) is 1.57. The molecular weight excluding hydrogens is 338 g/mol. The van der Waals surface area contributed by atoms with Gasteiger partial charge in [0.05, 0.1) is 12.8 Å². The number of carbonyl (C=O) groups is 1. The summed E-state index contributed by atoms with van der Waals surface area (Å²) in [4.78, 5) is 16.6. The molecule has 132 valence electrons. The Morgan fingerprint density at radius 3 is 2.40 bits per heavy atom. The van der Waals surface area contributed by atoms with Gasteiger partial charge in [-0.25, -0.2) is 4.79 Å². The number of aryl methyl sites for hydroxylation is 1. The van der Waals surface area contributed by atoms with E-state index in [2.05, 4.69) is 41.4 Å². The Morgan fingerprint density at radius 2 is 1.76 bits per heavy atom. The molecule has 0 bridgehead atoms. The number of ether oxygens (including phenoxy) is 1. The van der Waals surface area contributed by atoms with Crippen molar-refractivity contribution in [3.05, 3.63) is 53.1 Å². The van der Waals surface area contributed by atoms with Crippen molar-refractivity contribution in [3.63, 3.8) is 0 Å². The van der Waals surface area contributed by atoms with Crippen LogP contribution in [0.25, 0.3) is 0 Å². The normalized spacial score (nSPS) is 14.4. The maximum absolute atomic E-state index is 12.5. The van der Waals surface area contributed by atoms with Gasteiger partial charge in [0, 0.05) is 36.9 Å². The van der Waals surface area contributed by atoms with Crippen molar-refractivity contribution in [2.75, 3.05) is 43.5 Å². The van der Waals surface area contributed by atoms with Crippen LogP contribution in [0.2, 0.25) is 5.02 Å². The number of nitrogens with one attached hydrogen (secondary N) is 1. The van der Waals surface area contributed by atoms with Gasteiger partial charge in [0.15, 0.2) is 0 Å². The number of piperazine rings is 1. The molecule has 0 radical (unpaired) electrons. The molecule has 2 amide bonds. The lowest BCUT2D eigenvalue weighted by atomic mass is 10.2. The molecular formula is C19H22ClN3O2. The van der Waals surface area contributed by atoms with E-state index in [1.807, 2.05) is 4.90 Å². The second-order valence-corrected chi connectivity index (χ2v) is 6.52. The highest BCUT2D eigenvalue weighted by Gasteiger charge is 2.22. The summed E-state index contributed by atoms with van der Waals surface area (Å²) < 4.78 is 5.27. The molecule has 5 nitrogen and oxygen atoms in total. The van der Waals surface area contributed by atoms with Crippen LogP contribution in [0.1, 0.15) is 5.56 Å². The van der Waals surface area contributed by atoms with Gasteiger partial charge in [-0.1, -0.05) is 29.3 Å². The van der Waals surface area contributed by atoms with Gasteiger partial charge in [-0.05, 0) is 37.3 Å². The first kappa shape index (κ1) is 17.4. The Morgan fingerprint density at radius 1 is 1.08 bits per heavy atom. The summed E-state index contributed by atoms with van der Waals surface area (Å²) in [6, 6.07) is 13.5. The predicted molar refractivity (Wildman–Crippen MR) is 102 cm³/mol. The second kappa shape index (κ2) is 7.66. The van der Waals surface area contributed by atoms with Crippen LogP contribution in [-0.2, 0) is 0 Å². The number of urea groups is 1. The molecule has 25 heavy (non-hydrogen) atoms. The van der Waals surface area contributed by atoms with E-state index in [0.717, 1.165) is 13.1 Å². The van der Waals surface area contributed by atoms with E-state index in [4.69, 9.17) is 16.3 Å². The average Bonchev–Trinajstić information content (AvgIpc) is 2.63. The van der Waals surface area contributed by atoms with Crippen molar-refractivity contribution < 1.29 is 9.53 Å². The summed E-state index contributed by atoms with van der Waals surface area (Å²) in [5.41, 5.74) is 3.03. The largest absolute Gasteiger partial charge is 0.495 e. The zero-order chi connectivity index (χ0) is 17.8. The first-order chi connectivity index (χ1) is 12.1. The Hall–Kier alpha value is -2.40. The van der Waals surface area contributed by atoms with Gasteiger partial charge in [-0.3, -0.25) is 0 Å². The fourth-order valence-corrected chi connectivity index (χ4v) is 3.07. The lowest BCUT2D eigenvalue weighted by Gasteiger charge is -2.36. The number of hydrogen-bond donors (Lipinski definition) is 1. The number of methoxy groups -OCH3 is 1. The van der Waals surface area contributed by atoms with Crippen LogP contribution in [0.15, 0.2) is 42.5 Å². The summed E-state index contributed by atoms with van der Waals surface area (Å²) in [5, 5.41) is 3.45. The minimum Gasteiger partial charge on any atom is -0.495 e. The predicted octanol–water partition coefficient (Wildman–Crippen LogP) is 4.01. The highest BCUT2D eigenvalue weighted by Crippen LogP contribution is 2.28. The highest BCUT2D eigenvalue weighted by atomic mass is 35.5. The fourth-order valence-electron chi connectivity index (χ4n) is 2.90. The summed E-state index contributed by atoms with van der Waals surface area (Å²) in [6.07, 6.45) is 0. The third kappa shape index (κ3) is 4.17. The van der Waals surface area contributed by atoms with E-state index in [1.165, 1.54) is 11.3 Å². The van der Waals surface area contributed by atoms with Gasteiger partial charge >= 0.3 is 6.03 Å². The fraction of sp³-hybridized carbons (Fsp3) is 0.316. The quantitative estimate of drug-likeness (QED) is 0.900. The van der Waals surface area contributed by atoms with Gasteiger partial charge < -0.3 is 19.9 Å². The van der Waals surface area contributed by atoms with Crippen molar-refractivity contribution in [1.29, 1.82) is 0 Å². The number of anilines is 2. The molecule has 0 aromatic heterocycles. The number of amides is 2. The number of hydrogen-bond acceptors (Lipinski definition) is 3.